The maximum absolute atomic E-state index is 13.5. The number of hydrogen-bond donors (Lipinski definition) is 0. The Morgan fingerprint density at radius 1 is 0.933 bits per heavy atom. The van der Waals surface area contributed by atoms with Crippen LogP contribution >= 0.6 is 0 Å². The third-order valence-corrected chi connectivity index (χ3v) is 16.3. The third kappa shape index (κ3) is 4.37. The standard InChI is InChI=1S/C34H36F3NO5SSi/c1-32(2,3)45(23-11-7-5-8-12-23,24-13-9-6-10-14-24)43-28-18-16-25-26-21-22-15-17-27(42-44(39,40)34(35,36)37)30-29(22)33(25,31(28)41-30)19-20-38(26)4/h5-18,25-26,28,31H,19-21H2,1-4H3/t25-,26+,28-,31-,33-/m0/s1. The lowest BCUT2D eigenvalue weighted by atomic mass is 9.53. The van der Waals surface area contributed by atoms with E-state index in [0.717, 1.165) is 28.0 Å². The van der Waals surface area contributed by atoms with Gasteiger partial charge < -0.3 is 18.2 Å². The molecule has 2 aliphatic heterocycles. The Bertz CT molecular complexity index is 1720. The molecule has 0 N–H and O–H groups in total. The number of piperidine rings is 1. The lowest BCUT2D eigenvalue weighted by Crippen LogP contribution is -2.71. The fourth-order valence-corrected chi connectivity index (χ4v) is 13.5. The Morgan fingerprint density at radius 3 is 2.13 bits per heavy atom. The molecule has 45 heavy (non-hydrogen) atoms. The summed E-state index contributed by atoms with van der Waals surface area (Å²) in [6.45, 7) is 7.33. The summed E-state index contributed by atoms with van der Waals surface area (Å²) in [5.74, 6) is -0.350. The predicted octanol–water partition coefficient (Wildman–Crippen LogP) is 5.31. The average molecular weight is 656 g/mol. The minimum absolute atomic E-state index is 0.00322. The molecule has 5 atom stereocenters. The zero-order valence-corrected chi connectivity index (χ0v) is 27.4. The van der Waals surface area contributed by atoms with Crippen molar-refractivity contribution in [1.82, 2.24) is 4.90 Å². The van der Waals surface area contributed by atoms with Gasteiger partial charge in [0.15, 0.2) is 11.5 Å². The van der Waals surface area contributed by atoms with Gasteiger partial charge in [-0.25, -0.2) is 0 Å². The second kappa shape index (κ2) is 10.2. The minimum Gasteiger partial charge on any atom is -0.482 e. The van der Waals surface area contributed by atoms with Gasteiger partial charge in [-0.05, 0) is 53.5 Å². The summed E-state index contributed by atoms with van der Waals surface area (Å²) < 4.78 is 83.8. The van der Waals surface area contributed by atoms with Crippen LogP contribution in [0.3, 0.4) is 0 Å². The van der Waals surface area contributed by atoms with Gasteiger partial charge in [0.05, 0.1) is 0 Å². The van der Waals surface area contributed by atoms with Crippen molar-refractivity contribution >= 4 is 28.8 Å². The Morgan fingerprint density at radius 2 is 1.56 bits per heavy atom. The van der Waals surface area contributed by atoms with Gasteiger partial charge in [0.1, 0.15) is 12.2 Å². The van der Waals surface area contributed by atoms with Crippen LogP contribution in [0.4, 0.5) is 13.2 Å². The Labute approximate surface area is 263 Å². The molecule has 7 rings (SSSR count). The molecular formula is C34H36F3NO5SSi. The van der Waals surface area contributed by atoms with Gasteiger partial charge in [0.25, 0.3) is 8.32 Å². The van der Waals surface area contributed by atoms with Crippen molar-refractivity contribution in [3.63, 3.8) is 0 Å². The van der Waals surface area contributed by atoms with Crippen molar-refractivity contribution in [3.05, 3.63) is 96.1 Å². The highest BCUT2D eigenvalue weighted by Crippen LogP contribution is 2.63. The number of likely N-dealkylation sites (tertiary alicyclic amines) is 1. The number of benzene rings is 3. The van der Waals surface area contributed by atoms with Crippen LogP contribution in [0.25, 0.3) is 0 Å². The van der Waals surface area contributed by atoms with Crippen molar-refractivity contribution in [2.24, 2.45) is 5.92 Å². The quantitative estimate of drug-likeness (QED) is 0.155. The van der Waals surface area contributed by atoms with Crippen molar-refractivity contribution in [1.29, 1.82) is 0 Å². The van der Waals surface area contributed by atoms with Crippen LogP contribution in [0.1, 0.15) is 38.3 Å². The number of halogens is 3. The van der Waals surface area contributed by atoms with E-state index in [0.29, 0.717) is 12.8 Å². The summed E-state index contributed by atoms with van der Waals surface area (Å²) in [5, 5.41) is 1.86. The minimum atomic E-state index is -5.91. The zero-order chi connectivity index (χ0) is 32.0. The third-order valence-electron chi connectivity index (χ3n) is 10.3. The number of nitrogens with zero attached hydrogens (tertiary/aromatic N) is 1. The van der Waals surface area contributed by atoms with Crippen LogP contribution in [0.5, 0.6) is 11.5 Å². The number of rotatable bonds is 6. The topological polar surface area (TPSA) is 65.1 Å². The number of hydrogen-bond acceptors (Lipinski definition) is 6. The fourth-order valence-electron chi connectivity index (χ4n) is 8.44. The van der Waals surface area contributed by atoms with Crippen LogP contribution in [-0.4, -0.2) is 59.0 Å². The molecule has 0 aromatic heterocycles. The Hall–Kier alpha value is -3.12. The van der Waals surface area contributed by atoms with E-state index in [4.69, 9.17) is 13.3 Å². The van der Waals surface area contributed by atoms with Crippen molar-refractivity contribution in [2.75, 3.05) is 13.6 Å². The molecule has 3 aromatic rings. The van der Waals surface area contributed by atoms with Crippen LogP contribution < -0.4 is 19.3 Å². The van der Waals surface area contributed by atoms with E-state index in [1.165, 1.54) is 6.07 Å². The number of likely N-dealkylation sites (N-methyl/N-ethyl adjacent to an activating group) is 1. The first-order chi connectivity index (χ1) is 21.2. The summed E-state index contributed by atoms with van der Waals surface area (Å²) in [4.78, 5) is 2.33. The molecule has 1 spiro atoms. The van der Waals surface area contributed by atoms with Gasteiger partial charge in [-0.1, -0.05) is 99.7 Å². The van der Waals surface area contributed by atoms with Crippen LogP contribution in [0, 0.1) is 5.92 Å². The first-order valence-electron chi connectivity index (χ1n) is 15.2. The maximum Gasteiger partial charge on any atom is 0.534 e. The molecule has 0 radical (unpaired) electrons. The van der Waals surface area contributed by atoms with Gasteiger partial charge in [0.2, 0.25) is 0 Å². The summed E-state index contributed by atoms with van der Waals surface area (Å²) >= 11 is 0. The van der Waals surface area contributed by atoms with Gasteiger partial charge in [0, 0.05) is 22.9 Å². The van der Waals surface area contributed by atoms with E-state index >= 15 is 0 Å². The Balaban J connectivity index is 1.41. The first kappa shape index (κ1) is 30.5. The van der Waals surface area contributed by atoms with E-state index in [1.807, 2.05) is 36.4 Å². The summed E-state index contributed by atoms with van der Waals surface area (Å²) in [6, 6.07) is 23.6. The van der Waals surface area contributed by atoms with Crippen LogP contribution in [-0.2, 0) is 26.4 Å². The first-order valence-corrected chi connectivity index (χ1v) is 18.5. The van der Waals surface area contributed by atoms with E-state index in [-0.39, 0.29) is 22.7 Å². The van der Waals surface area contributed by atoms with E-state index in [1.54, 1.807) is 6.07 Å². The summed E-state index contributed by atoms with van der Waals surface area (Å²) in [5.41, 5.74) is -4.49. The average Bonchev–Trinajstić information content (AvgIpc) is 3.34. The summed E-state index contributed by atoms with van der Waals surface area (Å²) in [7, 11) is -6.88. The molecule has 2 heterocycles. The highest BCUT2D eigenvalue weighted by atomic mass is 32.2. The number of alkyl halides is 3. The molecule has 3 aromatic carbocycles. The SMILES string of the molecule is CN1CC[C@]23c4c5ccc(OS(=O)(=O)C(F)(F)F)c4O[C@H]2[C@@H](O[Si](c2ccccc2)(c2ccccc2)C(C)(C)C)C=C[C@H]3[C@H]1C5. The van der Waals surface area contributed by atoms with E-state index in [9.17, 15) is 21.6 Å². The molecule has 1 saturated heterocycles. The smallest absolute Gasteiger partial charge is 0.482 e. The second-order valence-electron chi connectivity index (χ2n) is 13.6. The van der Waals surface area contributed by atoms with Crippen molar-refractivity contribution in [3.8, 4) is 11.5 Å². The molecule has 6 nitrogen and oxygen atoms in total. The van der Waals surface area contributed by atoms with Gasteiger partial charge in [-0.15, -0.1) is 0 Å². The van der Waals surface area contributed by atoms with Crippen molar-refractivity contribution in [2.45, 2.75) is 67.8 Å². The lowest BCUT2D eigenvalue weighted by molar-refractivity contribution is -0.0503. The van der Waals surface area contributed by atoms with Gasteiger partial charge in [-0.3, -0.25) is 0 Å². The fraction of sp³-hybridized carbons (Fsp3) is 0.412. The molecule has 0 amide bonds. The van der Waals surface area contributed by atoms with Crippen LogP contribution in [0.2, 0.25) is 5.04 Å². The molecule has 11 heteroatoms. The molecular weight excluding hydrogens is 620 g/mol. The predicted molar refractivity (Wildman–Crippen MR) is 168 cm³/mol. The van der Waals surface area contributed by atoms with Crippen molar-refractivity contribution < 1.29 is 34.9 Å². The highest BCUT2D eigenvalue weighted by molar-refractivity contribution is 7.88. The monoisotopic (exact) mass is 655 g/mol. The molecule has 2 aliphatic carbocycles. The largest absolute Gasteiger partial charge is 0.534 e. The molecule has 0 saturated carbocycles. The molecule has 2 bridgehead atoms. The maximum atomic E-state index is 13.5. The molecule has 238 valence electrons. The zero-order valence-electron chi connectivity index (χ0n) is 25.5. The highest BCUT2D eigenvalue weighted by Gasteiger charge is 2.66. The summed E-state index contributed by atoms with van der Waals surface area (Å²) in [6.07, 6.45) is 4.46. The molecule has 4 aliphatic rings. The van der Waals surface area contributed by atoms with Gasteiger partial charge in [-0.2, -0.15) is 21.6 Å². The van der Waals surface area contributed by atoms with E-state index in [2.05, 4.69) is 69.1 Å². The van der Waals surface area contributed by atoms with E-state index < -0.39 is 47.3 Å². The normalized spacial score (nSPS) is 27.5. The Kier molecular flexibility index (Phi) is 6.91. The lowest BCUT2D eigenvalue weighted by Gasteiger charge is -2.58. The van der Waals surface area contributed by atoms with Gasteiger partial charge >= 0.3 is 15.6 Å². The number of ether oxygens (including phenoxy) is 1. The van der Waals surface area contributed by atoms with Crippen LogP contribution in [0.15, 0.2) is 84.9 Å². The molecule has 0 unspecified atom stereocenters. The molecule has 1 fully saturated rings. The second-order valence-corrected chi connectivity index (χ2v) is 19.4.